The van der Waals surface area contributed by atoms with E-state index in [0.717, 1.165) is 19.4 Å². The van der Waals surface area contributed by atoms with Gasteiger partial charge in [-0.15, -0.1) is 0 Å². The maximum absolute atomic E-state index is 5.59. The summed E-state index contributed by atoms with van der Waals surface area (Å²) in [7, 11) is 0. The average Bonchev–Trinajstić information content (AvgIpc) is 2.50. The molecule has 1 fully saturated rings. The third-order valence-electron chi connectivity index (χ3n) is 2.68. The van der Waals surface area contributed by atoms with Gasteiger partial charge < -0.3 is 10.5 Å². The fourth-order valence-corrected chi connectivity index (χ4v) is 1.92. The Hall–Kier alpha value is -0.570. The van der Waals surface area contributed by atoms with Crippen LogP contribution in [0, 0.1) is 5.92 Å². The molecule has 0 aromatic carbocycles. The molecular formula is C8H14N2O. The number of nitrogens with two attached hydrogens (primary N) is 1. The summed E-state index contributed by atoms with van der Waals surface area (Å²) in [6, 6.07) is 0.414. The topological polar surface area (TPSA) is 47.6 Å². The lowest BCUT2D eigenvalue weighted by atomic mass is 9.84. The minimum Gasteiger partial charge on any atom is -0.478 e. The lowest BCUT2D eigenvalue weighted by Crippen LogP contribution is -2.33. The molecule has 0 amide bonds. The Bertz CT molecular complexity index is 169. The summed E-state index contributed by atoms with van der Waals surface area (Å²) in [5.74, 6) is 0.676. The molecule has 3 nitrogen and oxygen atoms in total. The number of fused-ring (bicyclic) bond motifs is 1. The highest BCUT2D eigenvalue weighted by Crippen LogP contribution is 2.29. The van der Waals surface area contributed by atoms with Crippen molar-refractivity contribution in [1.29, 1.82) is 0 Å². The molecule has 0 radical (unpaired) electrons. The van der Waals surface area contributed by atoms with Crippen molar-refractivity contribution in [1.82, 2.24) is 0 Å². The standard InChI is InChI=1S/C8H14N2O/c9-4-6-1-2-8-7(3-6)10-5-11-8/h5-8H,1-4,9H2. The van der Waals surface area contributed by atoms with Crippen LogP contribution in [0.2, 0.25) is 0 Å². The summed E-state index contributed by atoms with van der Waals surface area (Å²) < 4.78 is 5.32. The van der Waals surface area contributed by atoms with Gasteiger partial charge in [0.25, 0.3) is 0 Å². The van der Waals surface area contributed by atoms with Crippen LogP contribution in [-0.2, 0) is 4.74 Å². The molecule has 1 heterocycles. The van der Waals surface area contributed by atoms with Gasteiger partial charge in [0.2, 0.25) is 0 Å². The summed E-state index contributed by atoms with van der Waals surface area (Å²) in [5, 5.41) is 0. The summed E-state index contributed by atoms with van der Waals surface area (Å²) in [6.45, 7) is 0.804. The molecular weight excluding hydrogens is 140 g/mol. The molecule has 0 saturated heterocycles. The quantitative estimate of drug-likeness (QED) is 0.599. The second-order valence-electron chi connectivity index (χ2n) is 3.41. The Morgan fingerprint density at radius 3 is 3.27 bits per heavy atom. The van der Waals surface area contributed by atoms with Crippen molar-refractivity contribution in [2.24, 2.45) is 16.6 Å². The molecule has 1 saturated carbocycles. The van der Waals surface area contributed by atoms with E-state index in [2.05, 4.69) is 4.99 Å². The lowest BCUT2D eigenvalue weighted by Gasteiger charge is -2.28. The van der Waals surface area contributed by atoms with Crippen LogP contribution in [0.25, 0.3) is 0 Å². The first-order chi connectivity index (χ1) is 5.40. The number of rotatable bonds is 1. The van der Waals surface area contributed by atoms with Gasteiger partial charge in [-0.25, -0.2) is 0 Å². The van der Waals surface area contributed by atoms with E-state index in [-0.39, 0.29) is 0 Å². The van der Waals surface area contributed by atoms with E-state index in [4.69, 9.17) is 10.5 Å². The van der Waals surface area contributed by atoms with Crippen LogP contribution >= 0.6 is 0 Å². The summed E-state index contributed by atoms with van der Waals surface area (Å²) >= 11 is 0. The first kappa shape index (κ1) is 7.10. The number of nitrogens with zero attached hydrogens (tertiary/aromatic N) is 1. The molecule has 3 heteroatoms. The van der Waals surface area contributed by atoms with Crippen LogP contribution in [0.5, 0.6) is 0 Å². The van der Waals surface area contributed by atoms with Crippen LogP contribution in [0.1, 0.15) is 19.3 Å². The zero-order chi connectivity index (χ0) is 7.68. The van der Waals surface area contributed by atoms with Gasteiger partial charge in [-0.05, 0) is 31.7 Å². The van der Waals surface area contributed by atoms with E-state index < -0.39 is 0 Å². The van der Waals surface area contributed by atoms with Crippen molar-refractivity contribution >= 4 is 6.40 Å². The molecule has 0 aromatic rings. The average molecular weight is 154 g/mol. The first-order valence-corrected chi connectivity index (χ1v) is 4.27. The van der Waals surface area contributed by atoms with Crippen molar-refractivity contribution in [2.45, 2.75) is 31.4 Å². The van der Waals surface area contributed by atoms with Crippen LogP contribution in [-0.4, -0.2) is 25.1 Å². The van der Waals surface area contributed by atoms with Crippen LogP contribution < -0.4 is 5.73 Å². The second kappa shape index (κ2) is 2.81. The Morgan fingerprint density at radius 1 is 1.55 bits per heavy atom. The molecule has 1 aliphatic heterocycles. The minimum atomic E-state index is 0.373. The number of ether oxygens (including phenoxy) is 1. The van der Waals surface area contributed by atoms with Crippen LogP contribution in [0.15, 0.2) is 4.99 Å². The molecule has 0 bridgehead atoms. The van der Waals surface area contributed by atoms with Crippen molar-refractivity contribution in [3.05, 3.63) is 0 Å². The third-order valence-corrected chi connectivity index (χ3v) is 2.68. The fourth-order valence-electron chi connectivity index (χ4n) is 1.92. The molecule has 0 spiro atoms. The van der Waals surface area contributed by atoms with Crippen LogP contribution in [0.4, 0.5) is 0 Å². The largest absolute Gasteiger partial charge is 0.478 e. The van der Waals surface area contributed by atoms with Crippen LogP contribution in [0.3, 0.4) is 0 Å². The van der Waals surface area contributed by atoms with E-state index in [1.165, 1.54) is 6.42 Å². The fraction of sp³-hybridized carbons (Fsp3) is 0.875. The van der Waals surface area contributed by atoms with E-state index in [1.54, 1.807) is 6.40 Å². The molecule has 2 aliphatic rings. The molecule has 1 aliphatic carbocycles. The maximum Gasteiger partial charge on any atom is 0.170 e. The van der Waals surface area contributed by atoms with E-state index in [1.807, 2.05) is 0 Å². The summed E-state index contributed by atoms with van der Waals surface area (Å²) in [5.41, 5.74) is 5.59. The highest BCUT2D eigenvalue weighted by atomic mass is 16.5. The molecule has 2 N–H and O–H groups in total. The molecule has 2 rings (SSSR count). The summed E-state index contributed by atoms with van der Waals surface area (Å²) in [6.07, 6.45) is 5.44. The van der Waals surface area contributed by atoms with Crippen molar-refractivity contribution in [2.75, 3.05) is 6.54 Å². The molecule has 62 valence electrons. The number of aliphatic imine (C=N–C) groups is 1. The highest BCUT2D eigenvalue weighted by molar-refractivity contribution is 5.50. The molecule has 3 unspecified atom stereocenters. The van der Waals surface area contributed by atoms with E-state index >= 15 is 0 Å². The first-order valence-electron chi connectivity index (χ1n) is 4.27. The summed E-state index contributed by atoms with van der Waals surface area (Å²) in [4.78, 5) is 4.25. The highest BCUT2D eigenvalue weighted by Gasteiger charge is 2.32. The Labute approximate surface area is 66.6 Å². The zero-order valence-electron chi connectivity index (χ0n) is 6.57. The predicted molar refractivity (Wildman–Crippen MR) is 43.5 cm³/mol. The third kappa shape index (κ3) is 1.25. The Kier molecular flexibility index (Phi) is 1.82. The second-order valence-corrected chi connectivity index (χ2v) is 3.41. The zero-order valence-corrected chi connectivity index (χ0v) is 6.57. The minimum absolute atomic E-state index is 0.373. The lowest BCUT2D eigenvalue weighted by molar-refractivity contribution is 0.134. The molecule has 3 atom stereocenters. The Balaban J connectivity index is 1.95. The predicted octanol–water partition coefficient (Wildman–Crippen LogP) is 0.541. The van der Waals surface area contributed by atoms with Gasteiger partial charge in [0, 0.05) is 0 Å². The van der Waals surface area contributed by atoms with Gasteiger partial charge in [-0.3, -0.25) is 4.99 Å². The van der Waals surface area contributed by atoms with Gasteiger partial charge in [-0.2, -0.15) is 0 Å². The smallest absolute Gasteiger partial charge is 0.170 e. The Morgan fingerprint density at radius 2 is 2.45 bits per heavy atom. The monoisotopic (exact) mass is 154 g/mol. The van der Waals surface area contributed by atoms with Gasteiger partial charge in [0.05, 0.1) is 6.04 Å². The number of hydrogen-bond acceptors (Lipinski definition) is 3. The van der Waals surface area contributed by atoms with Gasteiger partial charge >= 0.3 is 0 Å². The number of hydrogen-bond donors (Lipinski definition) is 1. The van der Waals surface area contributed by atoms with Crippen molar-refractivity contribution in [3.63, 3.8) is 0 Å². The molecule has 11 heavy (non-hydrogen) atoms. The van der Waals surface area contributed by atoms with Gasteiger partial charge in [-0.1, -0.05) is 0 Å². The molecule has 0 aromatic heterocycles. The van der Waals surface area contributed by atoms with Gasteiger partial charge in [0.15, 0.2) is 6.40 Å². The van der Waals surface area contributed by atoms with Gasteiger partial charge in [0.1, 0.15) is 6.10 Å². The SMILES string of the molecule is NCC1CCC2OC=NC2C1. The van der Waals surface area contributed by atoms with E-state index in [0.29, 0.717) is 18.1 Å². The maximum atomic E-state index is 5.59. The normalized spacial score (nSPS) is 41.7. The van der Waals surface area contributed by atoms with Crippen molar-refractivity contribution < 1.29 is 4.74 Å². The van der Waals surface area contributed by atoms with E-state index in [9.17, 15) is 0 Å². The van der Waals surface area contributed by atoms with Crippen molar-refractivity contribution in [3.8, 4) is 0 Å².